The van der Waals surface area contributed by atoms with Crippen molar-refractivity contribution in [1.29, 1.82) is 0 Å². The van der Waals surface area contributed by atoms with E-state index in [1.54, 1.807) is 15.8 Å². The van der Waals surface area contributed by atoms with Gasteiger partial charge >= 0.3 is 0 Å². The van der Waals surface area contributed by atoms with Crippen LogP contribution in [0, 0.1) is 0 Å². The molecule has 94 valence electrons. The zero-order valence-electron chi connectivity index (χ0n) is 10.6. The average molecular weight is 237 g/mol. The van der Waals surface area contributed by atoms with Crippen LogP contribution < -0.4 is 5.32 Å². The molecule has 1 aliphatic rings. The number of aromatic nitrogens is 3. The number of carbonyl (C=O) groups excluding carboxylic acids is 1. The Balaban J connectivity index is 2.10. The van der Waals surface area contributed by atoms with Crippen molar-refractivity contribution in [3.63, 3.8) is 0 Å². The molecule has 0 aliphatic carbocycles. The van der Waals surface area contributed by atoms with Gasteiger partial charge in [-0.1, -0.05) is 5.21 Å². The quantitative estimate of drug-likeness (QED) is 0.817. The Morgan fingerprint density at radius 3 is 2.82 bits per heavy atom. The summed E-state index contributed by atoms with van der Waals surface area (Å²) in [6, 6.07) is 0.529. The van der Waals surface area contributed by atoms with Crippen LogP contribution in [0.2, 0.25) is 0 Å². The molecule has 6 nitrogen and oxygen atoms in total. The number of carbonyl (C=O) groups is 1. The molecule has 1 fully saturated rings. The normalized spacial score (nSPS) is 16.0. The van der Waals surface area contributed by atoms with Gasteiger partial charge in [-0.15, -0.1) is 5.10 Å². The highest BCUT2D eigenvalue weighted by Crippen LogP contribution is 2.11. The molecule has 1 amide bonds. The molecular formula is C11H19N5O. The molecule has 17 heavy (non-hydrogen) atoms. The van der Waals surface area contributed by atoms with Gasteiger partial charge in [0.2, 0.25) is 0 Å². The lowest BCUT2D eigenvalue weighted by atomic mass is 10.2. The fraction of sp³-hybridized carbons (Fsp3) is 0.727. The first-order valence-corrected chi connectivity index (χ1v) is 6.07. The Hall–Kier alpha value is -1.43. The summed E-state index contributed by atoms with van der Waals surface area (Å²) < 4.78 is 1.78. The lowest BCUT2D eigenvalue weighted by molar-refractivity contribution is 0.0710. The molecule has 0 aromatic carbocycles. The van der Waals surface area contributed by atoms with E-state index in [0.717, 1.165) is 13.1 Å². The lowest BCUT2D eigenvalue weighted by Crippen LogP contribution is -2.43. The Bertz CT molecular complexity index is 396. The molecule has 0 unspecified atom stereocenters. The van der Waals surface area contributed by atoms with Crippen molar-refractivity contribution in [2.24, 2.45) is 0 Å². The predicted molar refractivity (Wildman–Crippen MR) is 63.8 cm³/mol. The van der Waals surface area contributed by atoms with Gasteiger partial charge in [-0.05, 0) is 20.8 Å². The fourth-order valence-electron chi connectivity index (χ4n) is 1.90. The molecule has 1 N–H and O–H groups in total. The molecular weight excluding hydrogens is 218 g/mol. The van der Waals surface area contributed by atoms with Crippen LogP contribution >= 0.6 is 0 Å². The van der Waals surface area contributed by atoms with E-state index in [1.807, 2.05) is 20.8 Å². The van der Waals surface area contributed by atoms with E-state index in [1.165, 1.54) is 0 Å². The Kier molecular flexibility index (Phi) is 3.42. The van der Waals surface area contributed by atoms with E-state index in [2.05, 4.69) is 15.6 Å². The van der Waals surface area contributed by atoms with Crippen LogP contribution in [-0.2, 0) is 0 Å². The molecule has 0 spiro atoms. The molecule has 6 heteroatoms. The zero-order chi connectivity index (χ0) is 12.4. The maximum absolute atomic E-state index is 12.2. The molecule has 0 bridgehead atoms. The highest BCUT2D eigenvalue weighted by molar-refractivity contribution is 5.92. The number of amides is 1. The van der Waals surface area contributed by atoms with Crippen molar-refractivity contribution in [2.75, 3.05) is 19.6 Å². The summed E-state index contributed by atoms with van der Waals surface area (Å²) in [6.45, 7) is 8.47. The van der Waals surface area contributed by atoms with Gasteiger partial charge in [-0.3, -0.25) is 4.79 Å². The fourth-order valence-corrected chi connectivity index (χ4v) is 1.90. The minimum atomic E-state index is -0.0407. The van der Waals surface area contributed by atoms with Gasteiger partial charge in [0.25, 0.3) is 5.91 Å². The van der Waals surface area contributed by atoms with Crippen LogP contribution in [0.1, 0.15) is 37.3 Å². The number of hydrogen-bond donors (Lipinski definition) is 1. The minimum Gasteiger partial charge on any atom is -0.335 e. The van der Waals surface area contributed by atoms with E-state index in [0.29, 0.717) is 18.3 Å². The van der Waals surface area contributed by atoms with Crippen molar-refractivity contribution in [3.05, 3.63) is 11.9 Å². The van der Waals surface area contributed by atoms with E-state index in [-0.39, 0.29) is 11.9 Å². The third-order valence-corrected chi connectivity index (χ3v) is 3.09. The highest BCUT2D eigenvalue weighted by Gasteiger charge is 2.24. The molecule has 0 radical (unpaired) electrons. The van der Waals surface area contributed by atoms with Crippen LogP contribution in [0.25, 0.3) is 0 Å². The van der Waals surface area contributed by atoms with Crippen LogP contribution in [0.15, 0.2) is 6.20 Å². The van der Waals surface area contributed by atoms with Gasteiger partial charge in [0.15, 0.2) is 5.69 Å². The van der Waals surface area contributed by atoms with Gasteiger partial charge in [0, 0.05) is 25.7 Å². The summed E-state index contributed by atoms with van der Waals surface area (Å²) in [5.41, 5.74) is 0.437. The third-order valence-electron chi connectivity index (χ3n) is 3.09. The standard InChI is InChI=1S/C11H19N5O/c1-4-15(8(2)3)11(17)10-7-16(14-13-10)9-5-12-6-9/h7-9,12H,4-6H2,1-3H3. The van der Waals surface area contributed by atoms with E-state index < -0.39 is 0 Å². The molecule has 2 rings (SSSR count). The molecule has 0 atom stereocenters. The second-order valence-corrected chi connectivity index (χ2v) is 4.58. The zero-order valence-corrected chi connectivity index (χ0v) is 10.6. The smallest absolute Gasteiger partial charge is 0.276 e. The van der Waals surface area contributed by atoms with Crippen LogP contribution in [0.5, 0.6) is 0 Å². The maximum Gasteiger partial charge on any atom is 0.276 e. The van der Waals surface area contributed by atoms with E-state index in [9.17, 15) is 4.79 Å². The van der Waals surface area contributed by atoms with Crippen molar-refractivity contribution in [1.82, 2.24) is 25.2 Å². The number of hydrogen-bond acceptors (Lipinski definition) is 4. The molecule has 1 aromatic heterocycles. The predicted octanol–water partition coefficient (Wildman–Crippen LogP) is 0.293. The second kappa shape index (κ2) is 4.83. The molecule has 1 aliphatic heterocycles. The highest BCUT2D eigenvalue weighted by atomic mass is 16.2. The molecule has 1 aromatic rings. The van der Waals surface area contributed by atoms with Crippen molar-refractivity contribution < 1.29 is 4.79 Å². The maximum atomic E-state index is 12.2. The average Bonchev–Trinajstić information content (AvgIpc) is 2.64. The molecule has 0 saturated carbocycles. The van der Waals surface area contributed by atoms with Gasteiger partial charge < -0.3 is 10.2 Å². The molecule has 1 saturated heterocycles. The summed E-state index contributed by atoms with van der Waals surface area (Å²) in [5, 5.41) is 11.1. The summed E-state index contributed by atoms with van der Waals surface area (Å²) in [7, 11) is 0. The van der Waals surface area contributed by atoms with Crippen LogP contribution in [0.4, 0.5) is 0 Å². The van der Waals surface area contributed by atoms with Gasteiger partial charge in [0.1, 0.15) is 0 Å². The second-order valence-electron chi connectivity index (χ2n) is 4.58. The topological polar surface area (TPSA) is 63.1 Å². The Labute approximate surface area is 101 Å². The van der Waals surface area contributed by atoms with Crippen molar-refractivity contribution in [3.8, 4) is 0 Å². The van der Waals surface area contributed by atoms with Crippen LogP contribution in [0.3, 0.4) is 0 Å². The van der Waals surface area contributed by atoms with Gasteiger partial charge in [-0.25, -0.2) is 4.68 Å². The first kappa shape index (κ1) is 12.0. The number of rotatable bonds is 4. The van der Waals surface area contributed by atoms with Gasteiger partial charge in [-0.2, -0.15) is 0 Å². The van der Waals surface area contributed by atoms with E-state index >= 15 is 0 Å². The largest absolute Gasteiger partial charge is 0.335 e. The first-order valence-electron chi connectivity index (χ1n) is 6.07. The third kappa shape index (κ3) is 2.31. The Morgan fingerprint density at radius 2 is 2.35 bits per heavy atom. The summed E-state index contributed by atoms with van der Waals surface area (Å²) in [4.78, 5) is 13.9. The van der Waals surface area contributed by atoms with Crippen molar-refractivity contribution >= 4 is 5.91 Å². The summed E-state index contributed by atoms with van der Waals surface area (Å²) in [6.07, 6.45) is 1.75. The van der Waals surface area contributed by atoms with Crippen molar-refractivity contribution in [2.45, 2.75) is 32.9 Å². The summed E-state index contributed by atoms with van der Waals surface area (Å²) in [5.74, 6) is -0.0407. The van der Waals surface area contributed by atoms with Gasteiger partial charge in [0.05, 0.1) is 12.2 Å². The SMILES string of the molecule is CCN(C(=O)c1cn(C2CNC2)nn1)C(C)C. The first-order chi connectivity index (χ1) is 8.13. The lowest BCUT2D eigenvalue weighted by Gasteiger charge is -2.26. The van der Waals surface area contributed by atoms with E-state index in [4.69, 9.17) is 0 Å². The Morgan fingerprint density at radius 1 is 1.65 bits per heavy atom. The number of nitrogens with zero attached hydrogens (tertiary/aromatic N) is 4. The van der Waals surface area contributed by atoms with Crippen LogP contribution in [-0.4, -0.2) is 51.5 Å². The number of nitrogens with one attached hydrogen (secondary N) is 1. The monoisotopic (exact) mass is 237 g/mol. The molecule has 2 heterocycles. The summed E-state index contributed by atoms with van der Waals surface area (Å²) >= 11 is 0. The minimum absolute atomic E-state index is 0.0407.